The summed E-state index contributed by atoms with van der Waals surface area (Å²) in [6, 6.07) is 12.7. The zero-order chi connectivity index (χ0) is 17.3. The third kappa shape index (κ3) is 3.71. The summed E-state index contributed by atoms with van der Waals surface area (Å²) in [7, 11) is -3.42. The molecule has 1 aliphatic heterocycles. The number of benzene rings is 2. The Morgan fingerprint density at radius 2 is 1.88 bits per heavy atom. The van der Waals surface area contributed by atoms with E-state index in [1.54, 1.807) is 11.0 Å². The Morgan fingerprint density at radius 1 is 1.17 bits per heavy atom. The Morgan fingerprint density at radius 3 is 2.54 bits per heavy atom. The number of amides is 1. The number of nitrogens with zero attached hydrogens (tertiary/aromatic N) is 1. The van der Waals surface area contributed by atoms with Crippen molar-refractivity contribution >= 4 is 33.2 Å². The maximum atomic E-state index is 12.7. The van der Waals surface area contributed by atoms with E-state index in [1.165, 1.54) is 17.7 Å². The van der Waals surface area contributed by atoms with Gasteiger partial charge in [0, 0.05) is 18.7 Å². The smallest absolute Gasteiger partial charge is 0.254 e. The van der Waals surface area contributed by atoms with E-state index in [0.29, 0.717) is 18.7 Å². The first-order valence-corrected chi connectivity index (χ1v) is 9.74. The van der Waals surface area contributed by atoms with Crippen molar-refractivity contribution in [2.75, 3.05) is 17.5 Å². The summed E-state index contributed by atoms with van der Waals surface area (Å²) >= 11 is 6.10. The number of hydrogen-bond donors (Lipinski definition) is 1. The van der Waals surface area contributed by atoms with Crippen LogP contribution in [0.4, 0.5) is 5.69 Å². The van der Waals surface area contributed by atoms with Crippen LogP contribution < -0.4 is 4.72 Å². The molecule has 0 saturated heterocycles. The topological polar surface area (TPSA) is 66.5 Å². The van der Waals surface area contributed by atoms with Crippen LogP contribution >= 0.6 is 11.6 Å². The van der Waals surface area contributed by atoms with E-state index in [-0.39, 0.29) is 16.6 Å². The third-order valence-corrected chi connectivity index (χ3v) is 4.83. The molecule has 0 saturated carbocycles. The van der Waals surface area contributed by atoms with Crippen LogP contribution in [0.15, 0.2) is 42.5 Å². The van der Waals surface area contributed by atoms with Crippen LogP contribution in [0.5, 0.6) is 0 Å². The van der Waals surface area contributed by atoms with Gasteiger partial charge in [-0.3, -0.25) is 9.52 Å². The van der Waals surface area contributed by atoms with Gasteiger partial charge in [0.1, 0.15) is 0 Å². The quantitative estimate of drug-likeness (QED) is 0.910. The molecular formula is C17H17ClN2O3S. The number of rotatable bonds is 3. The molecule has 2 aromatic rings. The molecule has 0 fully saturated rings. The molecule has 1 aliphatic rings. The van der Waals surface area contributed by atoms with Gasteiger partial charge >= 0.3 is 0 Å². The second-order valence-corrected chi connectivity index (χ2v) is 7.97. The molecule has 0 bridgehead atoms. The summed E-state index contributed by atoms with van der Waals surface area (Å²) in [5.41, 5.74) is 3.13. The summed E-state index contributed by atoms with van der Waals surface area (Å²) in [5, 5.41) is 0.198. The number of carbonyl (C=O) groups is 1. The van der Waals surface area contributed by atoms with Crippen LogP contribution in [0.3, 0.4) is 0 Å². The summed E-state index contributed by atoms with van der Waals surface area (Å²) < 4.78 is 24.9. The van der Waals surface area contributed by atoms with Crippen molar-refractivity contribution in [1.82, 2.24) is 4.90 Å². The summed E-state index contributed by atoms with van der Waals surface area (Å²) in [6.07, 6.45) is 1.87. The average molecular weight is 365 g/mol. The molecule has 0 aliphatic carbocycles. The van der Waals surface area contributed by atoms with Gasteiger partial charge in [-0.1, -0.05) is 35.9 Å². The number of hydrogen-bond acceptors (Lipinski definition) is 3. The predicted molar refractivity (Wildman–Crippen MR) is 94.8 cm³/mol. The molecule has 2 aromatic carbocycles. The molecule has 0 radical (unpaired) electrons. The molecule has 0 spiro atoms. The lowest BCUT2D eigenvalue weighted by Gasteiger charge is -2.29. The molecule has 0 aromatic heterocycles. The average Bonchev–Trinajstić information content (AvgIpc) is 2.54. The molecule has 1 amide bonds. The normalized spacial score (nSPS) is 14.2. The second-order valence-electron chi connectivity index (χ2n) is 5.81. The maximum absolute atomic E-state index is 12.7. The highest BCUT2D eigenvalue weighted by Crippen LogP contribution is 2.26. The SMILES string of the molecule is CS(=O)(=O)Nc1ccc(C(=O)N2CCc3ccccc3C2)cc1Cl. The van der Waals surface area contributed by atoms with Gasteiger partial charge in [0.05, 0.1) is 17.0 Å². The minimum Gasteiger partial charge on any atom is -0.334 e. The van der Waals surface area contributed by atoms with Gasteiger partial charge in [0.15, 0.2) is 0 Å². The summed E-state index contributed by atoms with van der Waals surface area (Å²) in [4.78, 5) is 14.5. The molecule has 24 heavy (non-hydrogen) atoms. The highest BCUT2D eigenvalue weighted by Gasteiger charge is 2.22. The fourth-order valence-electron chi connectivity index (χ4n) is 2.78. The Labute approximate surface area is 146 Å². The van der Waals surface area contributed by atoms with Gasteiger partial charge in [-0.2, -0.15) is 0 Å². The van der Waals surface area contributed by atoms with E-state index in [0.717, 1.165) is 18.2 Å². The number of sulfonamides is 1. The molecule has 1 heterocycles. The van der Waals surface area contributed by atoms with E-state index in [9.17, 15) is 13.2 Å². The van der Waals surface area contributed by atoms with Gasteiger partial charge in [-0.05, 0) is 35.7 Å². The lowest BCUT2D eigenvalue weighted by Crippen LogP contribution is -2.35. The first-order chi connectivity index (χ1) is 11.3. The lowest BCUT2D eigenvalue weighted by atomic mass is 9.99. The van der Waals surface area contributed by atoms with Gasteiger partial charge in [0.25, 0.3) is 5.91 Å². The predicted octanol–water partition coefficient (Wildman–Crippen LogP) is 2.91. The van der Waals surface area contributed by atoms with Crippen LogP contribution in [-0.4, -0.2) is 32.0 Å². The monoisotopic (exact) mass is 364 g/mol. The Balaban J connectivity index is 1.80. The van der Waals surface area contributed by atoms with Crippen molar-refractivity contribution in [2.24, 2.45) is 0 Å². The van der Waals surface area contributed by atoms with Crippen LogP contribution in [0.1, 0.15) is 21.5 Å². The molecule has 126 valence electrons. The summed E-state index contributed by atoms with van der Waals surface area (Å²) in [5.74, 6) is -0.114. The zero-order valence-electron chi connectivity index (χ0n) is 13.1. The molecule has 3 rings (SSSR count). The molecule has 0 atom stereocenters. The lowest BCUT2D eigenvalue weighted by molar-refractivity contribution is 0.0734. The van der Waals surface area contributed by atoms with Crippen molar-refractivity contribution in [1.29, 1.82) is 0 Å². The Hall–Kier alpha value is -2.05. The summed E-state index contributed by atoms with van der Waals surface area (Å²) in [6.45, 7) is 1.22. The Bertz CT molecular complexity index is 896. The molecular weight excluding hydrogens is 348 g/mol. The molecule has 7 heteroatoms. The third-order valence-electron chi connectivity index (χ3n) is 3.93. The van der Waals surface area contributed by atoms with E-state index in [2.05, 4.69) is 10.8 Å². The number of carbonyl (C=O) groups excluding carboxylic acids is 1. The van der Waals surface area contributed by atoms with E-state index >= 15 is 0 Å². The van der Waals surface area contributed by atoms with Crippen molar-refractivity contribution in [3.63, 3.8) is 0 Å². The standard InChI is InChI=1S/C17H17ClN2O3S/c1-24(22,23)19-16-7-6-13(10-15(16)18)17(21)20-9-8-12-4-2-3-5-14(12)11-20/h2-7,10,19H,8-9,11H2,1H3. The molecule has 1 N–H and O–H groups in total. The minimum absolute atomic E-state index is 0.114. The van der Waals surface area contributed by atoms with Crippen LogP contribution in [0.2, 0.25) is 5.02 Å². The van der Waals surface area contributed by atoms with Gasteiger partial charge in [0.2, 0.25) is 10.0 Å². The van der Waals surface area contributed by atoms with Crippen LogP contribution in [-0.2, 0) is 23.0 Å². The number of halogens is 1. The fraction of sp³-hybridized carbons (Fsp3) is 0.235. The first kappa shape index (κ1) is 16.8. The van der Waals surface area contributed by atoms with Gasteiger partial charge in [-0.15, -0.1) is 0 Å². The number of fused-ring (bicyclic) bond motifs is 1. The highest BCUT2D eigenvalue weighted by atomic mass is 35.5. The van der Waals surface area contributed by atoms with Crippen molar-refractivity contribution in [2.45, 2.75) is 13.0 Å². The fourth-order valence-corrected chi connectivity index (χ4v) is 3.64. The number of anilines is 1. The van der Waals surface area contributed by atoms with E-state index in [1.807, 2.05) is 18.2 Å². The van der Waals surface area contributed by atoms with Crippen molar-refractivity contribution in [3.05, 3.63) is 64.2 Å². The largest absolute Gasteiger partial charge is 0.334 e. The maximum Gasteiger partial charge on any atom is 0.254 e. The van der Waals surface area contributed by atoms with Crippen molar-refractivity contribution < 1.29 is 13.2 Å². The first-order valence-electron chi connectivity index (χ1n) is 7.47. The highest BCUT2D eigenvalue weighted by molar-refractivity contribution is 7.92. The second kappa shape index (κ2) is 6.45. The van der Waals surface area contributed by atoms with Crippen LogP contribution in [0, 0.1) is 0 Å². The van der Waals surface area contributed by atoms with Gasteiger partial charge < -0.3 is 4.90 Å². The molecule has 5 nitrogen and oxygen atoms in total. The van der Waals surface area contributed by atoms with E-state index < -0.39 is 10.0 Å². The Kier molecular flexibility index (Phi) is 4.51. The van der Waals surface area contributed by atoms with Crippen molar-refractivity contribution in [3.8, 4) is 0 Å². The van der Waals surface area contributed by atoms with Gasteiger partial charge in [-0.25, -0.2) is 8.42 Å². The molecule has 0 unspecified atom stereocenters. The van der Waals surface area contributed by atoms with E-state index in [4.69, 9.17) is 11.6 Å². The zero-order valence-corrected chi connectivity index (χ0v) is 14.7. The number of nitrogens with one attached hydrogen (secondary N) is 1. The van der Waals surface area contributed by atoms with Crippen LogP contribution in [0.25, 0.3) is 0 Å². The minimum atomic E-state index is -3.42.